The Labute approximate surface area is 420 Å². The van der Waals surface area contributed by atoms with Crippen molar-refractivity contribution in [3.05, 3.63) is 144 Å². The minimum absolute atomic E-state index is 0.163. The number of benzene rings is 4. The summed E-state index contributed by atoms with van der Waals surface area (Å²) in [6.45, 7) is 12.0. The molecular formula is C61H74O10. The molecule has 1 unspecified atom stereocenters. The van der Waals surface area contributed by atoms with E-state index >= 15 is 0 Å². The highest BCUT2D eigenvalue weighted by Gasteiger charge is 2.61. The first-order valence-corrected chi connectivity index (χ1v) is 26.6. The standard InChI is InChI=1S/C61H74O10/c1-39(2)19-18-20-40(3)48-31-32-49-47-30-29-45-37-46(33-35-60(45,4)50(47)34-36-61(48,49)5)67-59-54(71-58(65)44-27-16-9-17-28-44)53(70-57(64)43-25-14-8-15-26-43)52(69-56(63)42-23-12-7-13-24-42)51(68-59)38-66-55(62)41-21-10-6-11-22-41/h6-17,21-28,39-40,45-54,59H,18-20,29-38H2,1-5H3/t40-,45?,46+,47+,48-,49+,50+,51-,52-,53+,54-,59-,60+,61-/m1/s1. The smallest absolute Gasteiger partial charge is 0.338 e. The quantitative estimate of drug-likeness (QED) is 0.0609. The van der Waals surface area contributed by atoms with Gasteiger partial charge in [-0.1, -0.05) is 127 Å². The Morgan fingerprint density at radius 3 is 1.63 bits per heavy atom. The van der Waals surface area contributed by atoms with Crippen LogP contribution in [0, 0.1) is 52.3 Å². The van der Waals surface area contributed by atoms with Gasteiger partial charge in [-0.25, -0.2) is 19.2 Å². The van der Waals surface area contributed by atoms with Crippen molar-refractivity contribution < 1.29 is 47.6 Å². The SMILES string of the molecule is CC(C)CCC[C@@H](C)[C@H]1CC[C@H]2[C@@H]3CCC4C[C@@H](O[C@@H]5O[C@H](COC(=O)c6ccccc6)[C@@H](OC(=O)c6ccccc6)[C@H](OC(=O)c6ccccc6)[C@H]5OC(=O)c5ccccc5)CC[C@]4(C)[C@H]3CC[C@]12C. The number of carbonyl (C=O) groups is 4. The van der Waals surface area contributed by atoms with Crippen LogP contribution in [0.15, 0.2) is 121 Å². The van der Waals surface area contributed by atoms with Crippen LogP contribution in [0.3, 0.4) is 0 Å². The van der Waals surface area contributed by atoms with Crippen LogP contribution in [0.25, 0.3) is 0 Å². The molecule has 5 fully saturated rings. The van der Waals surface area contributed by atoms with Crippen molar-refractivity contribution in [2.45, 2.75) is 148 Å². The Bertz CT molecular complexity index is 2410. The molecule has 0 radical (unpaired) electrons. The summed E-state index contributed by atoms with van der Waals surface area (Å²) in [5.41, 5.74) is 1.62. The molecule has 1 saturated heterocycles. The molecule has 4 aromatic rings. The van der Waals surface area contributed by atoms with Gasteiger partial charge in [0.05, 0.1) is 28.4 Å². The van der Waals surface area contributed by atoms with E-state index in [-0.39, 0.29) is 28.2 Å². The first-order chi connectivity index (χ1) is 34.3. The number of esters is 4. The third-order valence-corrected chi connectivity index (χ3v) is 17.9. The van der Waals surface area contributed by atoms with E-state index in [0.29, 0.717) is 22.8 Å². The molecule has 10 nitrogen and oxygen atoms in total. The van der Waals surface area contributed by atoms with Gasteiger partial charge in [0.2, 0.25) is 0 Å². The Kier molecular flexibility index (Phi) is 15.8. The van der Waals surface area contributed by atoms with E-state index in [1.165, 1.54) is 51.4 Å². The lowest BCUT2D eigenvalue weighted by molar-refractivity contribution is -0.313. The molecule has 0 N–H and O–H groups in total. The summed E-state index contributed by atoms with van der Waals surface area (Å²) < 4.78 is 38.8. The van der Waals surface area contributed by atoms with Gasteiger partial charge >= 0.3 is 23.9 Å². The highest BCUT2D eigenvalue weighted by molar-refractivity contribution is 5.91. The average Bonchev–Trinajstić information content (AvgIpc) is 3.75. The number of fused-ring (bicyclic) bond motifs is 5. The summed E-state index contributed by atoms with van der Waals surface area (Å²) in [6.07, 6.45) is 7.09. The fourth-order valence-corrected chi connectivity index (χ4v) is 14.2. The van der Waals surface area contributed by atoms with Gasteiger partial charge < -0.3 is 28.4 Å². The second kappa shape index (κ2) is 22.2. The van der Waals surface area contributed by atoms with Crippen LogP contribution in [-0.4, -0.2) is 67.3 Å². The summed E-state index contributed by atoms with van der Waals surface area (Å²) in [7, 11) is 0. The van der Waals surface area contributed by atoms with Gasteiger partial charge in [-0.05, 0) is 159 Å². The Hall–Kier alpha value is -5.32. The molecule has 378 valence electrons. The molecule has 4 aliphatic carbocycles. The average molecular weight is 967 g/mol. The lowest BCUT2D eigenvalue weighted by atomic mass is 9.44. The second-order valence-electron chi connectivity index (χ2n) is 22.4. The zero-order valence-corrected chi connectivity index (χ0v) is 42.3. The van der Waals surface area contributed by atoms with Gasteiger partial charge in [-0.2, -0.15) is 0 Å². The summed E-state index contributed by atoms with van der Waals surface area (Å²) in [5, 5.41) is 0. The first kappa shape index (κ1) is 50.6. The maximum Gasteiger partial charge on any atom is 0.338 e. The fourth-order valence-electron chi connectivity index (χ4n) is 14.2. The second-order valence-corrected chi connectivity index (χ2v) is 22.4. The van der Waals surface area contributed by atoms with Crippen molar-refractivity contribution in [3.8, 4) is 0 Å². The first-order valence-electron chi connectivity index (χ1n) is 26.6. The number of hydrogen-bond acceptors (Lipinski definition) is 10. The van der Waals surface area contributed by atoms with E-state index < -0.39 is 61.2 Å². The van der Waals surface area contributed by atoms with Crippen LogP contribution in [0.4, 0.5) is 0 Å². The molecule has 14 atom stereocenters. The summed E-state index contributed by atoms with van der Waals surface area (Å²) in [6, 6.07) is 34.0. The molecule has 0 bridgehead atoms. The lowest BCUT2D eigenvalue weighted by Crippen LogP contribution is -2.64. The molecule has 5 aliphatic rings. The molecule has 1 heterocycles. The maximum atomic E-state index is 14.2. The number of carbonyl (C=O) groups excluding carboxylic acids is 4. The van der Waals surface area contributed by atoms with E-state index in [1.807, 2.05) is 0 Å². The Morgan fingerprint density at radius 1 is 0.563 bits per heavy atom. The number of ether oxygens (including phenoxy) is 6. The van der Waals surface area contributed by atoms with E-state index in [4.69, 9.17) is 28.4 Å². The van der Waals surface area contributed by atoms with E-state index in [0.717, 1.165) is 55.3 Å². The van der Waals surface area contributed by atoms with Gasteiger partial charge in [0, 0.05) is 0 Å². The van der Waals surface area contributed by atoms with Crippen LogP contribution in [0.5, 0.6) is 0 Å². The van der Waals surface area contributed by atoms with E-state index in [9.17, 15) is 19.2 Å². The van der Waals surface area contributed by atoms with Crippen molar-refractivity contribution >= 4 is 23.9 Å². The predicted octanol–water partition coefficient (Wildman–Crippen LogP) is 12.8. The van der Waals surface area contributed by atoms with Crippen LogP contribution in [0.1, 0.15) is 153 Å². The highest BCUT2D eigenvalue weighted by Crippen LogP contribution is 2.68. The van der Waals surface area contributed by atoms with Crippen LogP contribution in [0.2, 0.25) is 0 Å². The monoisotopic (exact) mass is 967 g/mol. The van der Waals surface area contributed by atoms with Crippen LogP contribution >= 0.6 is 0 Å². The van der Waals surface area contributed by atoms with Gasteiger partial charge in [0.15, 0.2) is 24.6 Å². The molecule has 71 heavy (non-hydrogen) atoms. The number of rotatable bonds is 16. The molecule has 4 saturated carbocycles. The highest BCUT2D eigenvalue weighted by atomic mass is 16.7. The zero-order valence-electron chi connectivity index (χ0n) is 42.3. The van der Waals surface area contributed by atoms with Crippen LogP contribution in [-0.2, 0) is 28.4 Å². The van der Waals surface area contributed by atoms with Crippen molar-refractivity contribution in [1.82, 2.24) is 0 Å². The van der Waals surface area contributed by atoms with Crippen molar-refractivity contribution in [3.63, 3.8) is 0 Å². The largest absolute Gasteiger partial charge is 0.459 e. The lowest BCUT2D eigenvalue weighted by Gasteiger charge is -2.61. The predicted molar refractivity (Wildman–Crippen MR) is 270 cm³/mol. The Balaban J connectivity index is 0.997. The summed E-state index contributed by atoms with van der Waals surface area (Å²) in [5.74, 6) is 2.12. The Morgan fingerprint density at radius 2 is 1.07 bits per heavy atom. The summed E-state index contributed by atoms with van der Waals surface area (Å²) in [4.78, 5) is 56.0. The minimum Gasteiger partial charge on any atom is -0.459 e. The molecular weight excluding hydrogens is 893 g/mol. The number of hydrogen-bond donors (Lipinski definition) is 0. The van der Waals surface area contributed by atoms with Crippen molar-refractivity contribution in [1.29, 1.82) is 0 Å². The molecule has 1 aliphatic heterocycles. The molecule has 0 amide bonds. The maximum absolute atomic E-state index is 14.2. The minimum atomic E-state index is -1.46. The zero-order chi connectivity index (χ0) is 49.7. The third-order valence-electron chi connectivity index (χ3n) is 17.9. The fraction of sp³-hybridized carbons (Fsp3) is 0.541. The topological polar surface area (TPSA) is 124 Å². The van der Waals surface area contributed by atoms with Gasteiger partial charge in [-0.3, -0.25) is 0 Å². The summed E-state index contributed by atoms with van der Waals surface area (Å²) >= 11 is 0. The molecule has 9 rings (SSSR count). The van der Waals surface area contributed by atoms with Crippen molar-refractivity contribution in [2.75, 3.05) is 6.61 Å². The third kappa shape index (κ3) is 11.0. The van der Waals surface area contributed by atoms with Gasteiger partial charge in [0.25, 0.3) is 0 Å². The normalized spacial score (nSPS) is 32.6. The molecule has 0 aromatic heterocycles. The van der Waals surface area contributed by atoms with Crippen molar-refractivity contribution in [2.24, 2.45) is 52.3 Å². The van der Waals surface area contributed by atoms with E-state index in [1.54, 1.807) is 121 Å². The van der Waals surface area contributed by atoms with Crippen LogP contribution < -0.4 is 0 Å². The molecule has 0 spiro atoms. The molecule has 10 heteroatoms. The van der Waals surface area contributed by atoms with Gasteiger partial charge in [0.1, 0.15) is 12.7 Å². The molecule has 4 aromatic carbocycles. The van der Waals surface area contributed by atoms with Gasteiger partial charge in [-0.15, -0.1) is 0 Å². The van der Waals surface area contributed by atoms with E-state index in [2.05, 4.69) is 34.6 Å².